The molecule has 0 saturated carbocycles. The molecule has 1 rings (SSSR count). The van der Waals surface area contributed by atoms with E-state index in [1.165, 1.54) is 0 Å². The lowest BCUT2D eigenvalue weighted by Crippen LogP contribution is -2.19. The normalized spacial score (nSPS) is 11.2. The Morgan fingerprint density at radius 2 is 2.06 bits per heavy atom. The number of sulfone groups is 1. The zero-order valence-electron chi connectivity index (χ0n) is 9.73. The fourth-order valence-corrected chi connectivity index (χ4v) is 2.91. The molecule has 1 aromatic rings. The van der Waals surface area contributed by atoms with Crippen molar-refractivity contribution >= 4 is 33.0 Å². The van der Waals surface area contributed by atoms with Gasteiger partial charge in [-0.3, -0.25) is 4.79 Å². The van der Waals surface area contributed by atoms with E-state index in [1.54, 1.807) is 24.3 Å². The van der Waals surface area contributed by atoms with Crippen molar-refractivity contribution < 1.29 is 13.2 Å². The Morgan fingerprint density at radius 3 is 2.67 bits per heavy atom. The van der Waals surface area contributed by atoms with Crippen molar-refractivity contribution in [2.75, 3.05) is 29.2 Å². The maximum Gasteiger partial charge on any atom is 0.248 e. The number of nitrogens with two attached hydrogens (primary N) is 1. The molecule has 0 aliphatic carbocycles. The van der Waals surface area contributed by atoms with Crippen LogP contribution in [-0.4, -0.2) is 38.3 Å². The predicted molar refractivity (Wildman–Crippen MR) is 72.8 cm³/mol. The fraction of sp³-hybridized carbons (Fsp3) is 0.364. The van der Waals surface area contributed by atoms with Gasteiger partial charge in [-0.1, -0.05) is 6.07 Å². The van der Waals surface area contributed by atoms with Gasteiger partial charge in [-0.05, 0) is 18.2 Å². The molecule has 1 aromatic carbocycles. The van der Waals surface area contributed by atoms with E-state index < -0.39 is 15.7 Å². The van der Waals surface area contributed by atoms with Crippen LogP contribution in [0, 0.1) is 0 Å². The van der Waals surface area contributed by atoms with E-state index >= 15 is 0 Å². The van der Waals surface area contributed by atoms with Gasteiger partial charge in [0, 0.05) is 23.7 Å². The predicted octanol–water partition coefficient (Wildman–Crippen LogP) is 0.851. The van der Waals surface area contributed by atoms with Crippen molar-refractivity contribution in [3.8, 4) is 0 Å². The molecular formula is C11H15ClN2O3S. The third-order valence-electron chi connectivity index (χ3n) is 2.28. The summed E-state index contributed by atoms with van der Waals surface area (Å²) in [6.45, 7) is 0.265. The summed E-state index contributed by atoms with van der Waals surface area (Å²) in [7, 11) is -3.11. The number of anilines is 1. The molecular weight excluding hydrogens is 276 g/mol. The first-order chi connectivity index (χ1) is 8.44. The van der Waals surface area contributed by atoms with Gasteiger partial charge in [-0.25, -0.2) is 8.42 Å². The summed E-state index contributed by atoms with van der Waals surface area (Å²) in [5.74, 6) is -0.453. The maximum absolute atomic E-state index is 11.4. The van der Waals surface area contributed by atoms with E-state index in [0.717, 1.165) is 0 Å². The van der Waals surface area contributed by atoms with Crippen molar-refractivity contribution in [2.45, 2.75) is 0 Å². The Balaban J connectivity index is 2.54. The van der Waals surface area contributed by atoms with Crippen molar-refractivity contribution in [3.05, 3.63) is 29.8 Å². The lowest BCUT2D eigenvalue weighted by Gasteiger charge is -2.07. The van der Waals surface area contributed by atoms with Gasteiger partial charge in [0.15, 0.2) is 9.84 Å². The Labute approximate surface area is 111 Å². The number of nitrogens with one attached hydrogen (secondary N) is 1. The minimum absolute atomic E-state index is 0.000515. The summed E-state index contributed by atoms with van der Waals surface area (Å²) in [5.41, 5.74) is 6.18. The number of primary amides is 1. The number of carbonyl (C=O) groups is 1. The monoisotopic (exact) mass is 290 g/mol. The standard InChI is InChI=1S/C11H15ClN2O3S/c12-4-6-18(16,17)7-5-14-10-3-1-2-9(8-10)11(13)15/h1-3,8,14H,4-7H2,(H2,13,15). The number of hydrogen-bond donors (Lipinski definition) is 2. The highest BCUT2D eigenvalue weighted by atomic mass is 35.5. The third-order valence-corrected chi connectivity index (χ3v) is 4.34. The van der Waals surface area contributed by atoms with E-state index in [0.29, 0.717) is 11.3 Å². The number of amides is 1. The van der Waals surface area contributed by atoms with Gasteiger partial charge in [0.2, 0.25) is 5.91 Å². The lowest BCUT2D eigenvalue weighted by atomic mass is 10.2. The fourth-order valence-electron chi connectivity index (χ4n) is 1.35. The van der Waals surface area contributed by atoms with E-state index in [4.69, 9.17) is 17.3 Å². The van der Waals surface area contributed by atoms with Crippen molar-refractivity contribution in [1.82, 2.24) is 0 Å². The molecule has 5 nitrogen and oxygen atoms in total. The molecule has 0 radical (unpaired) electrons. The van der Waals surface area contributed by atoms with Gasteiger partial charge >= 0.3 is 0 Å². The Bertz CT molecular complexity index is 517. The molecule has 0 aromatic heterocycles. The summed E-state index contributed by atoms with van der Waals surface area (Å²) in [4.78, 5) is 11.0. The Hall–Kier alpha value is -1.27. The molecule has 0 heterocycles. The summed E-state index contributed by atoms with van der Waals surface area (Å²) < 4.78 is 22.8. The van der Waals surface area contributed by atoms with Crippen LogP contribution in [0.25, 0.3) is 0 Å². The molecule has 7 heteroatoms. The molecule has 0 atom stereocenters. The zero-order chi connectivity index (χ0) is 13.6. The first-order valence-electron chi connectivity index (χ1n) is 5.35. The summed E-state index contributed by atoms with van der Waals surface area (Å²) >= 11 is 5.39. The first kappa shape index (κ1) is 14.8. The van der Waals surface area contributed by atoms with Gasteiger partial charge in [-0.2, -0.15) is 0 Å². The molecule has 3 N–H and O–H groups in total. The number of benzene rings is 1. The number of hydrogen-bond acceptors (Lipinski definition) is 4. The van der Waals surface area contributed by atoms with Crippen molar-refractivity contribution in [1.29, 1.82) is 0 Å². The van der Waals surface area contributed by atoms with Gasteiger partial charge in [-0.15, -0.1) is 11.6 Å². The lowest BCUT2D eigenvalue weighted by molar-refractivity contribution is 0.100. The van der Waals surface area contributed by atoms with Crippen LogP contribution in [0.2, 0.25) is 0 Å². The minimum Gasteiger partial charge on any atom is -0.384 e. The number of alkyl halides is 1. The molecule has 0 fully saturated rings. The second kappa shape index (κ2) is 6.61. The van der Waals surface area contributed by atoms with Crippen LogP contribution in [0.15, 0.2) is 24.3 Å². The number of rotatable bonds is 7. The van der Waals surface area contributed by atoms with Crippen LogP contribution in [0.3, 0.4) is 0 Å². The van der Waals surface area contributed by atoms with Crippen LogP contribution in [0.5, 0.6) is 0 Å². The third kappa shape index (κ3) is 4.93. The highest BCUT2D eigenvalue weighted by molar-refractivity contribution is 7.91. The van der Waals surface area contributed by atoms with Crippen molar-refractivity contribution in [3.63, 3.8) is 0 Å². The topological polar surface area (TPSA) is 89.3 Å². The highest BCUT2D eigenvalue weighted by Gasteiger charge is 2.09. The molecule has 0 saturated heterocycles. The molecule has 0 spiro atoms. The molecule has 18 heavy (non-hydrogen) atoms. The van der Waals surface area contributed by atoms with E-state index in [1.807, 2.05) is 0 Å². The minimum atomic E-state index is -3.11. The highest BCUT2D eigenvalue weighted by Crippen LogP contribution is 2.09. The van der Waals surface area contributed by atoms with Crippen LogP contribution < -0.4 is 11.1 Å². The average molecular weight is 291 g/mol. The Kier molecular flexibility index (Phi) is 5.43. The number of carbonyl (C=O) groups excluding carboxylic acids is 1. The van der Waals surface area contributed by atoms with Gasteiger partial charge in [0.05, 0.1) is 11.5 Å². The molecule has 0 aliphatic heterocycles. The summed E-state index contributed by atoms with van der Waals surface area (Å²) in [6.07, 6.45) is 0. The molecule has 0 unspecified atom stereocenters. The van der Waals surface area contributed by atoms with Gasteiger partial charge < -0.3 is 11.1 Å². The van der Waals surface area contributed by atoms with Crippen LogP contribution >= 0.6 is 11.6 Å². The first-order valence-corrected chi connectivity index (χ1v) is 7.70. The van der Waals surface area contributed by atoms with Gasteiger partial charge in [0.1, 0.15) is 0 Å². The van der Waals surface area contributed by atoms with Crippen LogP contribution in [-0.2, 0) is 9.84 Å². The van der Waals surface area contributed by atoms with Crippen LogP contribution in [0.1, 0.15) is 10.4 Å². The second-order valence-corrected chi connectivity index (χ2v) is 6.39. The SMILES string of the molecule is NC(=O)c1cccc(NCCS(=O)(=O)CCCl)c1. The molecule has 100 valence electrons. The largest absolute Gasteiger partial charge is 0.384 e. The smallest absolute Gasteiger partial charge is 0.248 e. The molecule has 0 bridgehead atoms. The Morgan fingerprint density at radius 1 is 1.33 bits per heavy atom. The zero-order valence-corrected chi connectivity index (χ0v) is 11.3. The van der Waals surface area contributed by atoms with E-state index in [9.17, 15) is 13.2 Å². The second-order valence-electron chi connectivity index (χ2n) is 3.71. The average Bonchev–Trinajstić information content (AvgIpc) is 2.29. The molecule has 0 aliphatic rings. The maximum atomic E-state index is 11.4. The summed E-state index contributed by atoms with van der Waals surface area (Å²) in [6, 6.07) is 6.59. The molecule has 1 amide bonds. The quantitative estimate of drug-likeness (QED) is 0.729. The summed E-state index contributed by atoms with van der Waals surface area (Å²) in [5, 5.41) is 2.92. The van der Waals surface area contributed by atoms with Crippen molar-refractivity contribution in [2.24, 2.45) is 5.73 Å². The van der Waals surface area contributed by atoms with E-state index in [-0.39, 0.29) is 23.9 Å². The van der Waals surface area contributed by atoms with Crippen LogP contribution in [0.4, 0.5) is 5.69 Å². The number of halogens is 1. The van der Waals surface area contributed by atoms with Gasteiger partial charge in [0.25, 0.3) is 0 Å². The van der Waals surface area contributed by atoms with E-state index in [2.05, 4.69) is 5.32 Å².